The van der Waals surface area contributed by atoms with Crippen molar-refractivity contribution in [1.82, 2.24) is 0 Å². The summed E-state index contributed by atoms with van der Waals surface area (Å²) in [4.78, 5) is 3.76. The van der Waals surface area contributed by atoms with Crippen molar-refractivity contribution in [3.8, 4) is 16.9 Å². The molecule has 2 rings (SSSR count). The molecule has 0 amide bonds. The van der Waals surface area contributed by atoms with E-state index in [2.05, 4.69) is 4.99 Å². The summed E-state index contributed by atoms with van der Waals surface area (Å²) in [6.45, 7) is 5.34. The van der Waals surface area contributed by atoms with Crippen molar-refractivity contribution < 1.29 is 4.74 Å². The molecule has 2 aromatic rings. The van der Waals surface area contributed by atoms with Crippen LogP contribution in [0.15, 0.2) is 53.5 Å². The summed E-state index contributed by atoms with van der Waals surface area (Å²) in [6.07, 6.45) is 0. The van der Waals surface area contributed by atoms with Gasteiger partial charge < -0.3 is 4.74 Å². The van der Waals surface area contributed by atoms with Crippen LogP contribution in [-0.2, 0) is 0 Å². The number of aliphatic imine (C=N–C) groups is 1. The summed E-state index contributed by atoms with van der Waals surface area (Å²) in [5.41, 5.74) is 2.88. The first-order valence-electron chi connectivity index (χ1n) is 4.99. The summed E-state index contributed by atoms with van der Waals surface area (Å²) in [7, 11) is 1.65. The Morgan fingerprint density at radius 3 is 2.31 bits per heavy atom. The number of nitrogens with zero attached hydrogens (tertiary/aromatic N) is 1. The van der Waals surface area contributed by atoms with E-state index in [1.54, 1.807) is 7.11 Å². The fourth-order valence-electron chi connectivity index (χ4n) is 1.60. The molecule has 0 aromatic heterocycles. The van der Waals surface area contributed by atoms with Gasteiger partial charge in [0, 0.05) is 12.3 Å². The molecule has 0 fully saturated rings. The predicted molar refractivity (Wildman–Crippen MR) is 66.6 cm³/mol. The van der Waals surface area contributed by atoms with Crippen LogP contribution < -0.4 is 4.74 Å². The first kappa shape index (κ1) is 10.4. The zero-order chi connectivity index (χ0) is 11.4. The van der Waals surface area contributed by atoms with Crippen LogP contribution in [0.2, 0.25) is 0 Å². The van der Waals surface area contributed by atoms with Crippen molar-refractivity contribution in [2.24, 2.45) is 4.99 Å². The minimum absolute atomic E-state index is 0.785. The molecule has 0 heterocycles. The normalized spacial score (nSPS) is 9.81. The summed E-state index contributed by atoms with van der Waals surface area (Å²) in [6, 6.07) is 15.6. The number of hydrogen-bond acceptors (Lipinski definition) is 2. The standard InChI is InChI=1S/C14H12NO/c1-15-14-6-4-3-5-13(14)11-7-9-12(16-2)10-8-11/h1,3-10H,2H3. The fourth-order valence-corrected chi connectivity index (χ4v) is 1.60. The number of ether oxygens (including phenoxy) is 1. The molecule has 1 radical (unpaired) electrons. The molecule has 79 valence electrons. The van der Waals surface area contributed by atoms with Crippen LogP contribution in [0.5, 0.6) is 5.75 Å². The Morgan fingerprint density at radius 1 is 1.00 bits per heavy atom. The lowest BCUT2D eigenvalue weighted by molar-refractivity contribution is 0.415. The second-order valence-corrected chi connectivity index (χ2v) is 3.37. The number of methoxy groups -OCH3 is 1. The summed E-state index contributed by atoms with van der Waals surface area (Å²) in [5.74, 6) is 0.839. The van der Waals surface area contributed by atoms with E-state index in [9.17, 15) is 0 Å². The first-order chi connectivity index (χ1) is 7.85. The van der Waals surface area contributed by atoms with Gasteiger partial charge in [-0.1, -0.05) is 30.3 Å². The Morgan fingerprint density at radius 2 is 1.69 bits per heavy atom. The van der Waals surface area contributed by atoms with Crippen LogP contribution in [0.25, 0.3) is 11.1 Å². The second kappa shape index (κ2) is 4.62. The second-order valence-electron chi connectivity index (χ2n) is 3.37. The quantitative estimate of drug-likeness (QED) is 0.710. The fraction of sp³-hybridized carbons (Fsp3) is 0.0714. The average Bonchev–Trinajstić information content (AvgIpc) is 2.39. The number of para-hydroxylation sites is 1. The number of rotatable bonds is 3. The van der Waals surface area contributed by atoms with Gasteiger partial charge >= 0.3 is 0 Å². The van der Waals surface area contributed by atoms with Gasteiger partial charge in [0.05, 0.1) is 12.8 Å². The van der Waals surface area contributed by atoms with Crippen molar-refractivity contribution in [3.63, 3.8) is 0 Å². The molecule has 0 bridgehead atoms. The van der Waals surface area contributed by atoms with Crippen LogP contribution in [0.1, 0.15) is 0 Å². The Kier molecular flexibility index (Phi) is 3.01. The molecule has 2 aromatic carbocycles. The van der Waals surface area contributed by atoms with Crippen LogP contribution in [0.4, 0.5) is 5.69 Å². The molecule has 2 nitrogen and oxygen atoms in total. The monoisotopic (exact) mass is 210 g/mol. The van der Waals surface area contributed by atoms with Gasteiger partial charge in [0.2, 0.25) is 0 Å². The largest absolute Gasteiger partial charge is 0.497 e. The molecular formula is C14H12NO. The van der Waals surface area contributed by atoms with Crippen molar-refractivity contribution in [2.45, 2.75) is 0 Å². The van der Waals surface area contributed by atoms with E-state index < -0.39 is 0 Å². The van der Waals surface area contributed by atoms with E-state index in [1.807, 2.05) is 48.5 Å². The molecule has 0 spiro atoms. The van der Waals surface area contributed by atoms with E-state index in [1.165, 1.54) is 0 Å². The molecule has 0 aliphatic rings. The van der Waals surface area contributed by atoms with Crippen molar-refractivity contribution in [3.05, 3.63) is 48.5 Å². The number of benzene rings is 2. The van der Waals surface area contributed by atoms with Crippen LogP contribution in [0, 0.1) is 0 Å². The molecule has 0 saturated heterocycles. The highest BCUT2D eigenvalue weighted by Crippen LogP contribution is 2.30. The zero-order valence-corrected chi connectivity index (χ0v) is 9.05. The molecule has 0 unspecified atom stereocenters. The summed E-state index contributed by atoms with van der Waals surface area (Å²) >= 11 is 0. The van der Waals surface area contributed by atoms with Crippen LogP contribution in [-0.4, -0.2) is 13.8 Å². The highest BCUT2D eigenvalue weighted by atomic mass is 16.5. The third-order valence-electron chi connectivity index (χ3n) is 2.44. The molecule has 0 atom stereocenters. The number of hydrogen-bond donors (Lipinski definition) is 0. The molecule has 2 heteroatoms. The topological polar surface area (TPSA) is 21.6 Å². The van der Waals surface area contributed by atoms with Crippen LogP contribution in [0.3, 0.4) is 0 Å². The highest BCUT2D eigenvalue weighted by Gasteiger charge is 2.02. The lowest BCUT2D eigenvalue weighted by Crippen LogP contribution is -1.83. The van der Waals surface area contributed by atoms with E-state index in [0.717, 1.165) is 22.6 Å². The maximum absolute atomic E-state index is 5.34. The Labute approximate surface area is 95.2 Å². The van der Waals surface area contributed by atoms with E-state index in [0.29, 0.717) is 0 Å². The lowest BCUT2D eigenvalue weighted by atomic mass is 10.0. The Balaban J connectivity index is 2.46. The van der Waals surface area contributed by atoms with Gasteiger partial charge in [-0.15, -0.1) is 0 Å². The zero-order valence-electron chi connectivity index (χ0n) is 9.05. The molecule has 0 aliphatic carbocycles. The minimum Gasteiger partial charge on any atom is -0.497 e. The van der Waals surface area contributed by atoms with E-state index >= 15 is 0 Å². The average molecular weight is 210 g/mol. The Hall–Kier alpha value is -2.09. The van der Waals surface area contributed by atoms with E-state index in [4.69, 9.17) is 11.5 Å². The molecule has 0 saturated carbocycles. The van der Waals surface area contributed by atoms with Gasteiger partial charge in [-0.3, -0.25) is 4.99 Å². The molecular weight excluding hydrogens is 198 g/mol. The molecule has 16 heavy (non-hydrogen) atoms. The van der Waals surface area contributed by atoms with Crippen molar-refractivity contribution in [2.75, 3.05) is 7.11 Å². The maximum atomic E-state index is 5.34. The smallest absolute Gasteiger partial charge is 0.118 e. The maximum Gasteiger partial charge on any atom is 0.118 e. The summed E-state index contributed by atoms with van der Waals surface area (Å²) in [5, 5.41) is 0. The predicted octanol–water partition coefficient (Wildman–Crippen LogP) is 3.57. The van der Waals surface area contributed by atoms with Crippen molar-refractivity contribution in [1.29, 1.82) is 0 Å². The van der Waals surface area contributed by atoms with Crippen molar-refractivity contribution >= 4 is 12.4 Å². The Bertz CT molecular complexity index is 488. The van der Waals surface area contributed by atoms with Crippen LogP contribution >= 0.6 is 0 Å². The third-order valence-corrected chi connectivity index (χ3v) is 2.44. The first-order valence-corrected chi connectivity index (χ1v) is 4.99. The SMILES string of the molecule is [CH]=Nc1ccccc1-c1ccc(OC)cc1. The van der Waals surface area contributed by atoms with Gasteiger partial charge in [0.1, 0.15) is 5.75 Å². The highest BCUT2D eigenvalue weighted by molar-refractivity contribution is 5.77. The van der Waals surface area contributed by atoms with Gasteiger partial charge in [0.15, 0.2) is 0 Å². The summed E-state index contributed by atoms with van der Waals surface area (Å²) < 4.78 is 5.11. The minimum atomic E-state index is 0.785. The van der Waals surface area contributed by atoms with Gasteiger partial charge in [-0.25, -0.2) is 0 Å². The van der Waals surface area contributed by atoms with E-state index in [-0.39, 0.29) is 0 Å². The third kappa shape index (κ3) is 1.96. The molecule has 0 aliphatic heterocycles. The lowest BCUT2D eigenvalue weighted by Gasteiger charge is -2.06. The van der Waals surface area contributed by atoms with Gasteiger partial charge in [0.25, 0.3) is 0 Å². The molecule has 0 N–H and O–H groups in total. The van der Waals surface area contributed by atoms with Gasteiger partial charge in [-0.05, 0) is 23.8 Å². The van der Waals surface area contributed by atoms with Gasteiger partial charge in [-0.2, -0.15) is 0 Å².